The standard InChI is InChI=1S/C27H32N4O4/c1-4-35-27(33)26-24-18-30(17-21-5-9-22(10-6-21)28-19(2)32)15-14-25(24)31(29-26)16-13-20-7-11-23(34-3)12-8-20/h5-12H,4,13-18H2,1-3H3,(H,28,32). The summed E-state index contributed by atoms with van der Waals surface area (Å²) in [5.41, 5.74) is 5.60. The van der Waals surface area contributed by atoms with Gasteiger partial charge in [-0.05, 0) is 48.7 Å². The Bertz CT molecular complexity index is 1170. The molecule has 1 aliphatic rings. The number of nitrogens with zero attached hydrogens (tertiary/aromatic N) is 3. The average Bonchev–Trinajstić information content (AvgIpc) is 3.22. The largest absolute Gasteiger partial charge is 0.497 e. The molecule has 0 spiro atoms. The van der Waals surface area contributed by atoms with E-state index in [2.05, 4.69) is 22.3 Å². The van der Waals surface area contributed by atoms with E-state index in [0.29, 0.717) is 25.4 Å². The number of aromatic nitrogens is 2. The molecule has 0 radical (unpaired) electrons. The van der Waals surface area contributed by atoms with Crippen LogP contribution < -0.4 is 10.1 Å². The van der Waals surface area contributed by atoms with E-state index in [-0.39, 0.29) is 11.9 Å². The number of hydrogen-bond donors (Lipinski definition) is 1. The van der Waals surface area contributed by atoms with E-state index >= 15 is 0 Å². The fourth-order valence-corrected chi connectivity index (χ4v) is 4.41. The second-order valence-electron chi connectivity index (χ2n) is 8.65. The first-order valence-electron chi connectivity index (χ1n) is 11.9. The van der Waals surface area contributed by atoms with Gasteiger partial charge < -0.3 is 14.8 Å². The Morgan fingerprint density at radius 2 is 1.77 bits per heavy atom. The van der Waals surface area contributed by atoms with Crippen LogP contribution in [0.25, 0.3) is 0 Å². The first-order valence-corrected chi connectivity index (χ1v) is 11.9. The third-order valence-electron chi connectivity index (χ3n) is 6.13. The minimum Gasteiger partial charge on any atom is -0.497 e. The lowest BCUT2D eigenvalue weighted by atomic mass is 10.0. The highest BCUT2D eigenvalue weighted by atomic mass is 16.5. The number of fused-ring (bicyclic) bond motifs is 1. The van der Waals surface area contributed by atoms with Crippen LogP contribution in [0.5, 0.6) is 5.75 Å². The van der Waals surface area contributed by atoms with Gasteiger partial charge in [0.15, 0.2) is 5.69 Å². The number of hydrogen-bond acceptors (Lipinski definition) is 6. The molecule has 8 nitrogen and oxygen atoms in total. The number of methoxy groups -OCH3 is 1. The molecule has 0 bridgehead atoms. The molecule has 0 saturated carbocycles. The molecule has 1 amide bonds. The Balaban J connectivity index is 1.49. The molecule has 2 aromatic carbocycles. The van der Waals surface area contributed by atoms with Crippen LogP contribution in [0.15, 0.2) is 48.5 Å². The normalized spacial score (nSPS) is 13.2. The molecule has 0 fully saturated rings. The van der Waals surface area contributed by atoms with Gasteiger partial charge in [0, 0.05) is 56.5 Å². The predicted octanol–water partition coefficient (Wildman–Crippen LogP) is 3.83. The number of aryl methyl sites for hydroxylation is 2. The Morgan fingerprint density at radius 1 is 1.06 bits per heavy atom. The molecule has 0 aliphatic carbocycles. The zero-order valence-corrected chi connectivity index (χ0v) is 20.5. The number of benzene rings is 2. The number of rotatable bonds is 9. The monoisotopic (exact) mass is 476 g/mol. The van der Waals surface area contributed by atoms with Crippen molar-refractivity contribution in [1.29, 1.82) is 0 Å². The third-order valence-corrected chi connectivity index (χ3v) is 6.13. The summed E-state index contributed by atoms with van der Waals surface area (Å²) in [6.45, 7) is 6.57. The van der Waals surface area contributed by atoms with Gasteiger partial charge in [-0.2, -0.15) is 5.10 Å². The minimum atomic E-state index is -0.367. The van der Waals surface area contributed by atoms with E-state index in [0.717, 1.165) is 54.2 Å². The van der Waals surface area contributed by atoms with E-state index in [4.69, 9.17) is 14.6 Å². The van der Waals surface area contributed by atoms with Crippen molar-refractivity contribution < 1.29 is 19.1 Å². The van der Waals surface area contributed by atoms with Crippen LogP contribution in [-0.2, 0) is 42.0 Å². The summed E-state index contributed by atoms with van der Waals surface area (Å²) in [7, 11) is 1.66. The molecular weight excluding hydrogens is 444 g/mol. The first kappa shape index (κ1) is 24.5. The molecule has 3 aromatic rings. The summed E-state index contributed by atoms with van der Waals surface area (Å²) in [6, 6.07) is 15.9. The molecule has 1 aromatic heterocycles. The van der Waals surface area contributed by atoms with E-state index in [1.165, 1.54) is 12.5 Å². The van der Waals surface area contributed by atoms with E-state index in [1.54, 1.807) is 7.11 Å². The number of esters is 1. The minimum absolute atomic E-state index is 0.0863. The van der Waals surface area contributed by atoms with Crippen molar-refractivity contribution in [3.05, 3.63) is 76.6 Å². The Morgan fingerprint density at radius 3 is 2.43 bits per heavy atom. The smallest absolute Gasteiger partial charge is 0.359 e. The van der Waals surface area contributed by atoms with Gasteiger partial charge in [-0.1, -0.05) is 24.3 Å². The lowest BCUT2D eigenvalue weighted by Gasteiger charge is -2.27. The molecule has 0 atom stereocenters. The lowest BCUT2D eigenvalue weighted by molar-refractivity contribution is -0.114. The quantitative estimate of drug-likeness (QED) is 0.473. The molecular formula is C27H32N4O4. The van der Waals surface area contributed by atoms with Crippen molar-refractivity contribution in [2.24, 2.45) is 0 Å². The summed E-state index contributed by atoms with van der Waals surface area (Å²) in [6.07, 6.45) is 1.62. The van der Waals surface area contributed by atoms with E-state index in [1.807, 2.05) is 48.0 Å². The predicted molar refractivity (Wildman–Crippen MR) is 133 cm³/mol. The third kappa shape index (κ3) is 6.08. The Hall–Kier alpha value is -3.65. The summed E-state index contributed by atoms with van der Waals surface area (Å²) in [5.74, 6) is 0.380. The fourth-order valence-electron chi connectivity index (χ4n) is 4.41. The Kier molecular flexibility index (Phi) is 7.82. The molecule has 184 valence electrons. The number of amides is 1. The first-order chi connectivity index (χ1) is 17.0. The topological polar surface area (TPSA) is 85.7 Å². The summed E-state index contributed by atoms with van der Waals surface area (Å²) in [5, 5.41) is 7.48. The fraction of sp³-hybridized carbons (Fsp3) is 0.370. The highest BCUT2D eigenvalue weighted by Gasteiger charge is 2.28. The van der Waals surface area contributed by atoms with Crippen molar-refractivity contribution in [2.45, 2.75) is 46.3 Å². The molecule has 4 rings (SSSR count). The van der Waals surface area contributed by atoms with Crippen molar-refractivity contribution in [3.8, 4) is 5.75 Å². The lowest BCUT2D eigenvalue weighted by Crippen LogP contribution is -2.31. The molecule has 35 heavy (non-hydrogen) atoms. The SMILES string of the molecule is CCOC(=O)c1nn(CCc2ccc(OC)cc2)c2c1CN(Cc1ccc(NC(C)=O)cc1)CC2. The second kappa shape index (κ2) is 11.2. The van der Waals surface area contributed by atoms with Gasteiger partial charge in [0.1, 0.15) is 5.75 Å². The van der Waals surface area contributed by atoms with Gasteiger partial charge in [0.05, 0.1) is 13.7 Å². The van der Waals surface area contributed by atoms with Crippen LogP contribution in [0.2, 0.25) is 0 Å². The molecule has 8 heteroatoms. The highest BCUT2D eigenvalue weighted by molar-refractivity contribution is 5.89. The average molecular weight is 477 g/mol. The second-order valence-corrected chi connectivity index (χ2v) is 8.65. The van der Waals surface area contributed by atoms with Gasteiger partial charge in [-0.15, -0.1) is 0 Å². The van der Waals surface area contributed by atoms with Crippen LogP contribution >= 0.6 is 0 Å². The van der Waals surface area contributed by atoms with Crippen molar-refractivity contribution >= 4 is 17.6 Å². The van der Waals surface area contributed by atoms with Gasteiger partial charge in [0.2, 0.25) is 5.91 Å². The molecule has 1 aliphatic heterocycles. The zero-order valence-electron chi connectivity index (χ0n) is 20.5. The van der Waals surface area contributed by atoms with Crippen LogP contribution in [0, 0.1) is 0 Å². The van der Waals surface area contributed by atoms with Crippen molar-refractivity contribution in [1.82, 2.24) is 14.7 Å². The van der Waals surface area contributed by atoms with Crippen LogP contribution in [0.3, 0.4) is 0 Å². The summed E-state index contributed by atoms with van der Waals surface area (Å²) in [4.78, 5) is 26.3. The maximum Gasteiger partial charge on any atom is 0.359 e. The summed E-state index contributed by atoms with van der Waals surface area (Å²) >= 11 is 0. The van der Waals surface area contributed by atoms with Gasteiger partial charge in [-0.3, -0.25) is 14.4 Å². The number of carbonyl (C=O) groups is 2. The number of ether oxygens (including phenoxy) is 2. The highest BCUT2D eigenvalue weighted by Crippen LogP contribution is 2.25. The van der Waals surface area contributed by atoms with Crippen molar-refractivity contribution in [3.63, 3.8) is 0 Å². The zero-order chi connectivity index (χ0) is 24.8. The maximum absolute atomic E-state index is 12.7. The van der Waals surface area contributed by atoms with E-state index < -0.39 is 0 Å². The number of anilines is 1. The molecule has 0 saturated heterocycles. The number of nitrogens with one attached hydrogen (secondary N) is 1. The molecule has 2 heterocycles. The van der Waals surface area contributed by atoms with Crippen molar-refractivity contribution in [2.75, 3.05) is 25.6 Å². The maximum atomic E-state index is 12.7. The Labute approximate surface area is 205 Å². The van der Waals surface area contributed by atoms with Crippen LogP contribution in [0.4, 0.5) is 5.69 Å². The van der Waals surface area contributed by atoms with Gasteiger partial charge in [-0.25, -0.2) is 4.79 Å². The summed E-state index contributed by atoms with van der Waals surface area (Å²) < 4.78 is 12.5. The van der Waals surface area contributed by atoms with Gasteiger partial charge >= 0.3 is 5.97 Å². The molecule has 1 N–H and O–H groups in total. The molecule has 0 unspecified atom stereocenters. The van der Waals surface area contributed by atoms with Crippen LogP contribution in [-0.4, -0.2) is 46.8 Å². The van der Waals surface area contributed by atoms with Gasteiger partial charge in [0.25, 0.3) is 0 Å². The number of carbonyl (C=O) groups excluding carboxylic acids is 2. The van der Waals surface area contributed by atoms with E-state index in [9.17, 15) is 9.59 Å². The van der Waals surface area contributed by atoms with Crippen LogP contribution in [0.1, 0.15) is 46.7 Å².